The van der Waals surface area contributed by atoms with Gasteiger partial charge in [-0.05, 0) is 84.1 Å². The van der Waals surface area contributed by atoms with Crippen LogP contribution in [0.2, 0.25) is 5.02 Å². The predicted octanol–water partition coefficient (Wildman–Crippen LogP) is 5.81. The number of nitrogens with two attached hydrogens (primary N) is 1. The molecule has 4 amide bonds. The highest BCUT2D eigenvalue weighted by atomic mass is 35.5. The van der Waals surface area contributed by atoms with Crippen LogP contribution in [0, 0.1) is 13.8 Å². The number of rotatable bonds is 11. The van der Waals surface area contributed by atoms with Gasteiger partial charge in [-0.2, -0.15) is 0 Å². The molecule has 0 radical (unpaired) electrons. The Morgan fingerprint density at radius 1 is 0.976 bits per heavy atom. The Bertz CT molecular complexity index is 1250. The van der Waals surface area contributed by atoms with Crippen LogP contribution in [0.1, 0.15) is 83.5 Å². The number of amides is 4. The molecule has 0 saturated heterocycles. The molecule has 0 aliphatic heterocycles. The number of alkyl carbamates (subject to hydrolysis) is 1. The molecule has 0 fully saturated rings. The summed E-state index contributed by atoms with van der Waals surface area (Å²) < 4.78 is 5.40. The first-order valence-corrected chi connectivity index (χ1v) is 14.1. The van der Waals surface area contributed by atoms with Crippen LogP contribution in [-0.4, -0.2) is 45.9 Å². The van der Waals surface area contributed by atoms with E-state index in [-0.39, 0.29) is 12.8 Å². The van der Waals surface area contributed by atoms with Crippen LogP contribution in [0.4, 0.5) is 10.5 Å². The summed E-state index contributed by atoms with van der Waals surface area (Å²) in [5, 5.41) is 5.93. The number of benzene rings is 2. The van der Waals surface area contributed by atoms with Gasteiger partial charge < -0.3 is 26.0 Å². The lowest BCUT2D eigenvalue weighted by atomic mass is 9.90. The van der Waals surface area contributed by atoms with Gasteiger partial charge in [-0.25, -0.2) is 4.79 Å². The van der Waals surface area contributed by atoms with E-state index in [1.54, 1.807) is 45.0 Å². The van der Waals surface area contributed by atoms with E-state index in [4.69, 9.17) is 22.1 Å². The van der Waals surface area contributed by atoms with Gasteiger partial charge in [0.15, 0.2) is 0 Å². The van der Waals surface area contributed by atoms with Crippen molar-refractivity contribution < 1.29 is 23.9 Å². The van der Waals surface area contributed by atoms with Gasteiger partial charge in [-0.3, -0.25) is 14.4 Å². The number of halogens is 1. The Kier molecular flexibility index (Phi) is 11.4. The van der Waals surface area contributed by atoms with Crippen molar-refractivity contribution in [2.45, 2.75) is 97.9 Å². The fourth-order valence-electron chi connectivity index (χ4n) is 4.38. The second kappa shape index (κ2) is 13.9. The van der Waals surface area contributed by atoms with Crippen molar-refractivity contribution in [2.24, 2.45) is 5.73 Å². The fraction of sp³-hybridized carbons (Fsp3) is 0.484. The average molecular weight is 587 g/mol. The van der Waals surface area contributed by atoms with Gasteiger partial charge in [0, 0.05) is 12.0 Å². The maximum atomic E-state index is 14.5. The topological polar surface area (TPSA) is 131 Å². The Labute approximate surface area is 248 Å². The molecule has 2 atom stereocenters. The van der Waals surface area contributed by atoms with Gasteiger partial charge in [-0.1, -0.05) is 54.9 Å². The average Bonchev–Trinajstić information content (AvgIpc) is 2.86. The normalized spacial score (nSPS) is 13.1. The SMILES string of the molecule is CCC(C)(C)N(C(=O)C(CCC(N)=O)NC(=O)OC(C)(C)C)C(C(=O)Nc1c(C)cccc1Cl)c1ccccc1C. The maximum absolute atomic E-state index is 14.5. The zero-order chi connectivity index (χ0) is 31.1. The number of carbonyl (C=O) groups is 4. The summed E-state index contributed by atoms with van der Waals surface area (Å²) in [7, 11) is 0. The highest BCUT2D eigenvalue weighted by Crippen LogP contribution is 2.36. The lowest BCUT2D eigenvalue weighted by Gasteiger charge is -2.45. The molecule has 41 heavy (non-hydrogen) atoms. The van der Waals surface area contributed by atoms with E-state index in [0.29, 0.717) is 22.7 Å². The molecule has 4 N–H and O–H groups in total. The van der Waals surface area contributed by atoms with Crippen molar-refractivity contribution in [1.82, 2.24) is 10.2 Å². The summed E-state index contributed by atoms with van der Waals surface area (Å²) in [6, 6.07) is 10.3. The van der Waals surface area contributed by atoms with Crippen LogP contribution < -0.4 is 16.4 Å². The van der Waals surface area contributed by atoms with Gasteiger partial charge in [-0.15, -0.1) is 0 Å². The van der Waals surface area contributed by atoms with Crippen LogP contribution in [0.3, 0.4) is 0 Å². The Morgan fingerprint density at radius 3 is 2.12 bits per heavy atom. The Hall–Kier alpha value is -3.59. The second-order valence-electron chi connectivity index (χ2n) is 11.8. The van der Waals surface area contributed by atoms with Crippen LogP contribution in [0.5, 0.6) is 0 Å². The first-order chi connectivity index (χ1) is 19.0. The molecule has 2 aromatic rings. The molecule has 0 aliphatic rings. The number of nitrogens with zero attached hydrogens (tertiary/aromatic N) is 1. The van der Waals surface area contributed by atoms with Crippen LogP contribution >= 0.6 is 11.6 Å². The predicted molar refractivity (Wildman–Crippen MR) is 162 cm³/mol. The summed E-state index contributed by atoms with van der Waals surface area (Å²) in [4.78, 5) is 54.7. The minimum Gasteiger partial charge on any atom is -0.444 e. The highest BCUT2D eigenvalue weighted by molar-refractivity contribution is 6.34. The highest BCUT2D eigenvalue weighted by Gasteiger charge is 2.43. The molecule has 0 spiro atoms. The molecule has 10 heteroatoms. The molecular formula is C31H43ClN4O5. The van der Waals surface area contributed by atoms with Crippen LogP contribution in [0.15, 0.2) is 42.5 Å². The third-order valence-electron chi connectivity index (χ3n) is 6.88. The molecule has 2 rings (SSSR count). The zero-order valence-electron chi connectivity index (χ0n) is 25.3. The third kappa shape index (κ3) is 9.21. The van der Waals surface area contributed by atoms with Crippen molar-refractivity contribution in [3.8, 4) is 0 Å². The molecule has 9 nitrogen and oxygen atoms in total. The van der Waals surface area contributed by atoms with Crippen molar-refractivity contribution in [2.75, 3.05) is 5.32 Å². The number of aryl methyl sites for hydroxylation is 2. The van der Waals surface area contributed by atoms with Gasteiger partial charge in [0.05, 0.1) is 10.7 Å². The molecule has 2 unspecified atom stereocenters. The lowest BCUT2D eigenvalue weighted by Crippen LogP contribution is -2.59. The number of anilines is 1. The lowest BCUT2D eigenvalue weighted by molar-refractivity contribution is -0.148. The molecule has 224 valence electrons. The number of hydrogen-bond acceptors (Lipinski definition) is 5. The maximum Gasteiger partial charge on any atom is 0.408 e. The van der Waals surface area contributed by atoms with Crippen molar-refractivity contribution >= 4 is 41.1 Å². The number of carbonyl (C=O) groups excluding carboxylic acids is 4. The minimum atomic E-state index is -1.19. The van der Waals surface area contributed by atoms with Gasteiger partial charge in [0.25, 0.3) is 5.91 Å². The quantitative estimate of drug-likeness (QED) is 0.306. The molecule has 0 aliphatic carbocycles. The molecule has 2 aromatic carbocycles. The number of para-hydroxylation sites is 1. The van der Waals surface area contributed by atoms with Gasteiger partial charge in [0.2, 0.25) is 11.8 Å². The number of ether oxygens (including phenoxy) is 1. The van der Waals surface area contributed by atoms with Crippen molar-refractivity contribution in [1.29, 1.82) is 0 Å². The van der Waals surface area contributed by atoms with E-state index >= 15 is 0 Å². The monoisotopic (exact) mass is 586 g/mol. The first-order valence-electron chi connectivity index (χ1n) is 13.7. The number of hydrogen-bond donors (Lipinski definition) is 3. The molecule has 0 aromatic heterocycles. The fourth-order valence-corrected chi connectivity index (χ4v) is 4.65. The Balaban J connectivity index is 2.70. The van der Waals surface area contributed by atoms with E-state index in [9.17, 15) is 19.2 Å². The van der Waals surface area contributed by atoms with E-state index < -0.39 is 47.0 Å². The first kappa shape index (κ1) is 33.6. The standard InChI is InChI=1S/C31H43ClN4O5/c1-9-31(7,8)36(28(39)23(17-18-24(33)37)34-29(40)41-30(4,5)6)26(21-15-11-10-13-19(21)2)27(38)35-25-20(3)14-12-16-22(25)32/h10-16,23,26H,9,17-18H2,1-8H3,(H2,33,37)(H,34,40)(H,35,38). The molecule has 0 saturated carbocycles. The number of nitrogens with one attached hydrogen (secondary N) is 2. The summed E-state index contributed by atoms with van der Waals surface area (Å²) in [6.07, 6.45) is -0.575. The third-order valence-corrected chi connectivity index (χ3v) is 7.20. The van der Waals surface area contributed by atoms with E-state index in [1.807, 2.05) is 52.8 Å². The van der Waals surface area contributed by atoms with Crippen molar-refractivity contribution in [3.05, 3.63) is 64.2 Å². The molecule has 0 bridgehead atoms. The van der Waals surface area contributed by atoms with E-state index in [1.165, 1.54) is 4.90 Å². The van der Waals surface area contributed by atoms with E-state index in [0.717, 1.165) is 11.1 Å². The summed E-state index contributed by atoms with van der Waals surface area (Å²) in [6.45, 7) is 14.4. The Morgan fingerprint density at radius 2 is 1.59 bits per heavy atom. The zero-order valence-corrected chi connectivity index (χ0v) is 26.0. The summed E-state index contributed by atoms with van der Waals surface area (Å²) in [5.41, 5.74) is 6.33. The van der Waals surface area contributed by atoms with Gasteiger partial charge in [0.1, 0.15) is 17.7 Å². The van der Waals surface area contributed by atoms with Gasteiger partial charge >= 0.3 is 6.09 Å². The summed E-state index contributed by atoms with van der Waals surface area (Å²) >= 11 is 6.45. The van der Waals surface area contributed by atoms with Crippen LogP contribution in [0.25, 0.3) is 0 Å². The van der Waals surface area contributed by atoms with Crippen LogP contribution in [-0.2, 0) is 19.1 Å². The molecular weight excluding hydrogens is 544 g/mol. The largest absolute Gasteiger partial charge is 0.444 e. The second-order valence-corrected chi connectivity index (χ2v) is 12.2. The molecule has 0 heterocycles. The van der Waals surface area contributed by atoms with Crippen molar-refractivity contribution in [3.63, 3.8) is 0 Å². The minimum absolute atomic E-state index is 0.0740. The smallest absolute Gasteiger partial charge is 0.408 e. The van der Waals surface area contributed by atoms with E-state index in [2.05, 4.69) is 10.6 Å². The number of primary amides is 1. The summed E-state index contributed by atoms with van der Waals surface area (Å²) in [5.74, 6) is -1.66.